The maximum Gasteiger partial charge on any atom is 0.416 e. The molecule has 0 spiro atoms. The molecule has 1 aromatic heterocycles. The molecule has 1 unspecified atom stereocenters. The lowest BCUT2D eigenvalue weighted by Gasteiger charge is -2.24. The monoisotopic (exact) mass is 471 g/mol. The van der Waals surface area contributed by atoms with Gasteiger partial charge in [0.05, 0.1) is 17.0 Å². The van der Waals surface area contributed by atoms with Crippen LogP contribution in [-0.2, 0) is 22.2 Å². The van der Waals surface area contributed by atoms with Crippen LogP contribution >= 0.6 is 0 Å². The van der Waals surface area contributed by atoms with Crippen LogP contribution in [0.3, 0.4) is 0 Å². The van der Waals surface area contributed by atoms with E-state index in [0.29, 0.717) is 12.1 Å². The molecule has 4 rings (SSSR count). The van der Waals surface area contributed by atoms with E-state index in [1.807, 2.05) is 19.1 Å². The van der Waals surface area contributed by atoms with Crippen LogP contribution in [0.25, 0.3) is 0 Å². The molecule has 1 aliphatic heterocycles. The zero-order valence-corrected chi connectivity index (χ0v) is 17.9. The number of fused-ring (bicyclic) bond motifs is 1. The number of carbonyl (C=O) groups excluding carboxylic acids is 2. The Labute approximate surface area is 191 Å². The lowest BCUT2D eigenvalue weighted by molar-refractivity contribution is -0.137. The zero-order chi connectivity index (χ0) is 24.5. The van der Waals surface area contributed by atoms with Gasteiger partial charge in [0, 0.05) is 17.8 Å². The summed E-state index contributed by atoms with van der Waals surface area (Å²) >= 11 is 0. The fourth-order valence-corrected chi connectivity index (χ4v) is 3.73. The van der Waals surface area contributed by atoms with Gasteiger partial charge in [-0.2, -0.15) is 18.2 Å². The SMILES string of the molecule is CCc1ccccc1NC(=O)C1CC(=O)Nc2nc(Nc3cccc(C(F)(F)F)c3)[nH]c(=O)c21. The van der Waals surface area contributed by atoms with Crippen LogP contribution in [0.5, 0.6) is 0 Å². The second-order valence-corrected chi connectivity index (χ2v) is 7.69. The molecule has 11 heteroatoms. The lowest BCUT2D eigenvalue weighted by Crippen LogP contribution is -2.36. The number of aromatic nitrogens is 2. The number of amides is 2. The summed E-state index contributed by atoms with van der Waals surface area (Å²) in [5.41, 5.74) is -0.0939. The third kappa shape index (κ3) is 4.77. The molecular formula is C23H20F3N5O3. The van der Waals surface area contributed by atoms with Gasteiger partial charge in [-0.15, -0.1) is 0 Å². The first-order chi connectivity index (χ1) is 16.2. The summed E-state index contributed by atoms with van der Waals surface area (Å²) in [7, 11) is 0. The van der Waals surface area contributed by atoms with Gasteiger partial charge in [0.2, 0.25) is 17.8 Å². The van der Waals surface area contributed by atoms with Crippen molar-refractivity contribution in [2.45, 2.75) is 31.9 Å². The van der Waals surface area contributed by atoms with E-state index in [-0.39, 0.29) is 29.4 Å². The molecule has 3 aromatic rings. The van der Waals surface area contributed by atoms with Crippen molar-refractivity contribution < 1.29 is 22.8 Å². The number of alkyl halides is 3. The molecule has 1 aliphatic rings. The summed E-state index contributed by atoms with van der Waals surface area (Å²) in [5.74, 6) is -2.45. The van der Waals surface area contributed by atoms with Crippen molar-refractivity contribution >= 4 is 35.0 Å². The molecule has 0 aliphatic carbocycles. The lowest BCUT2D eigenvalue weighted by atomic mass is 9.92. The smallest absolute Gasteiger partial charge is 0.326 e. The Morgan fingerprint density at radius 3 is 2.65 bits per heavy atom. The quantitative estimate of drug-likeness (QED) is 0.446. The number of benzene rings is 2. The van der Waals surface area contributed by atoms with Crippen molar-refractivity contribution in [3.63, 3.8) is 0 Å². The molecule has 4 N–H and O–H groups in total. The number of anilines is 4. The van der Waals surface area contributed by atoms with Crippen molar-refractivity contribution in [3.8, 4) is 0 Å². The summed E-state index contributed by atoms with van der Waals surface area (Å²) in [6.45, 7) is 1.93. The van der Waals surface area contributed by atoms with Gasteiger partial charge in [-0.25, -0.2) is 0 Å². The second kappa shape index (κ2) is 9.00. The standard InChI is InChI=1S/C23H20F3N5O3/c1-2-12-6-3-4-9-16(12)28-20(33)15-11-17(32)29-19-18(15)21(34)31-22(30-19)27-14-8-5-7-13(10-14)23(24,25)26/h3-10,15H,2,11H2,1H3,(H,28,33)(H3,27,29,30,31,32,34). The maximum absolute atomic E-state index is 13.0. The van der Waals surface area contributed by atoms with Crippen LogP contribution in [0.2, 0.25) is 0 Å². The summed E-state index contributed by atoms with van der Waals surface area (Å²) in [6, 6.07) is 11.5. The Kier molecular flexibility index (Phi) is 6.10. The number of nitrogens with zero attached hydrogens (tertiary/aromatic N) is 1. The topological polar surface area (TPSA) is 116 Å². The Morgan fingerprint density at radius 1 is 1.15 bits per heavy atom. The summed E-state index contributed by atoms with van der Waals surface area (Å²) in [4.78, 5) is 44.7. The average molecular weight is 471 g/mol. The minimum Gasteiger partial charge on any atom is -0.326 e. The molecule has 176 valence electrons. The van der Waals surface area contributed by atoms with Gasteiger partial charge in [-0.3, -0.25) is 19.4 Å². The first kappa shape index (κ1) is 23.0. The van der Waals surface area contributed by atoms with Gasteiger partial charge in [0.15, 0.2) is 0 Å². The number of para-hydroxylation sites is 1. The maximum atomic E-state index is 13.0. The number of nitrogens with one attached hydrogen (secondary N) is 4. The third-order valence-electron chi connectivity index (χ3n) is 5.38. The van der Waals surface area contributed by atoms with Crippen LogP contribution in [0, 0.1) is 0 Å². The Balaban J connectivity index is 1.64. The fraction of sp³-hybridized carbons (Fsp3) is 0.217. The number of aryl methyl sites for hydroxylation is 1. The number of hydrogen-bond acceptors (Lipinski definition) is 5. The Morgan fingerprint density at radius 2 is 1.91 bits per heavy atom. The number of carbonyl (C=O) groups is 2. The summed E-state index contributed by atoms with van der Waals surface area (Å²) < 4.78 is 38.9. The number of halogens is 3. The van der Waals surface area contributed by atoms with Crippen molar-refractivity contribution in [2.24, 2.45) is 0 Å². The molecule has 2 aromatic carbocycles. The molecule has 34 heavy (non-hydrogen) atoms. The van der Waals surface area contributed by atoms with Gasteiger partial charge >= 0.3 is 6.18 Å². The van der Waals surface area contributed by atoms with E-state index in [9.17, 15) is 27.6 Å². The molecule has 0 fully saturated rings. The number of hydrogen-bond donors (Lipinski definition) is 4. The molecule has 2 heterocycles. The number of rotatable bonds is 5. The first-order valence-corrected chi connectivity index (χ1v) is 10.4. The van der Waals surface area contributed by atoms with E-state index in [1.54, 1.807) is 12.1 Å². The van der Waals surface area contributed by atoms with Crippen molar-refractivity contribution in [1.82, 2.24) is 9.97 Å². The normalized spacial score (nSPS) is 15.3. The first-order valence-electron chi connectivity index (χ1n) is 10.4. The molecule has 2 amide bonds. The highest BCUT2D eigenvalue weighted by atomic mass is 19.4. The van der Waals surface area contributed by atoms with Crippen LogP contribution in [0.4, 0.5) is 36.3 Å². The van der Waals surface area contributed by atoms with Gasteiger partial charge in [0.1, 0.15) is 5.82 Å². The minimum atomic E-state index is -4.54. The van der Waals surface area contributed by atoms with E-state index in [1.165, 1.54) is 12.1 Å². The Hall–Kier alpha value is -4.15. The van der Waals surface area contributed by atoms with Gasteiger partial charge in [-0.05, 0) is 36.2 Å². The zero-order valence-electron chi connectivity index (χ0n) is 17.9. The Bertz CT molecular complexity index is 1320. The molecule has 0 bridgehead atoms. The van der Waals surface area contributed by atoms with Crippen LogP contribution in [0.1, 0.15) is 36.0 Å². The van der Waals surface area contributed by atoms with Crippen molar-refractivity contribution in [3.05, 3.63) is 75.6 Å². The van der Waals surface area contributed by atoms with Crippen molar-refractivity contribution in [2.75, 3.05) is 16.0 Å². The van der Waals surface area contributed by atoms with E-state index in [4.69, 9.17) is 0 Å². The number of aromatic amines is 1. The molecule has 1 atom stereocenters. The minimum absolute atomic E-state index is 0.0272. The largest absolute Gasteiger partial charge is 0.416 e. The van der Waals surface area contributed by atoms with E-state index in [0.717, 1.165) is 17.7 Å². The summed E-state index contributed by atoms with van der Waals surface area (Å²) in [5, 5.41) is 7.84. The van der Waals surface area contributed by atoms with E-state index in [2.05, 4.69) is 25.9 Å². The fourth-order valence-electron chi connectivity index (χ4n) is 3.73. The molecule has 8 nitrogen and oxygen atoms in total. The average Bonchev–Trinajstić information content (AvgIpc) is 2.78. The third-order valence-corrected chi connectivity index (χ3v) is 5.38. The van der Waals surface area contributed by atoms with E-state index < -0.39 is 35.0 Å². The summed E-state index contributed by atoms with van der Waals surface area (Å²) in [6.07, 6.45) is -4.12. The second-order valence-electron chi connectivity index (χ2n) is 7.69. The highest BCUT2D eigenvalue weighted by Crippen LogP contribution is 2.33. The van der Waals surface area contributed by atoms with Gasteiger partial charge in [-0.1, -0.05) is 31.2 Å². The highest BCUT2D eigenvalue weighted by Gasteiger charge is 2.35. The molecule has 0 radical (unpaired) electrons. The van der Waals surface area contributed by atoms with Gasteiger partial charge < -0.3 is 16.0 Å². The predicted molar refractivity (Wildman–Crippen MR) is 120 cm³/mol. The van der Waals surface area contributed by atoms with E-state index >= 15 is 0 Å². The molecular weight excluding hydrogens is 451 g/mol. The molecule has 0 saturated carbocycles. The number of H-pyrrole nitrogens is 1. The van der Waals surface area contributed by atoms with Crippen LogP contribution < -0.4 is 21.5 Å². The van der Waals surface area contributed by atoms with Crippen LogP contribution in [0.15, 0.2) is 53.3 Å². The van der Waals surface area contributed by atoms with Crippen LogP contribution in [-0.4, -0.2) is 21.8 Å². The molecule has 0 saturated heterocycles. The predicted octanol–water partition coefficient (Wildman–Crippen LogP) is 4.16. The highest BCUT2D eigenvalue weighted by molar-refractivity contribution is 6.04. The van der Waals surface area contributed by atoms with Crippen molar-refractivity contribution in [1.29, 1.82) is 0 Å². The van der Waals surface area contributed by atoms with Gasteiger partial charge in [0.25, 0.3) is 5.56 Å².